The number of hydrogen-bond acceptors (Lipinski definition) is 6. The number of ether oxygens (including phenoxy) is 1. The molecule has 5 nitrogen and oxygen atoms in total. The van der Waals surface area contributed by atoms with Crippen LogP contribution < -0.4 is 9.64 Å². The molecule has 118 valence electrons. The van der Waals surface area contributed by atoms with Crippen LogP contribution in [0.15, 0.2) is 24.3 Å². The summed E-state index contributed by atoms with van der Waals surface area (Å²) in [6, 6.07) is 8.84. The zero-order valence-corrected chi connectivity index (χ0v) is 13.6. The van der Waals surface area contributed by atoms with E-state index in [0.29, 0.717) is 24.4 Å². The molecule has 0 saturated carbocycles. The normalized spacial score (nSPS) is 17.4. The molecule has 2 heterocycles. The van der Waals surface area contributed by atoms with Crippen LogP contribution in [0.4, 0.5) is 5.69 Å². The van der Waals surface area contributed by atoms with Crippen molar-refractivity contribution in [1.29, 1.82) is 0 Å². The van der Waals surface area contributed by atoms with Gasteiger partial charge in [0, 0.05) is 18.3 Å². The van der Waals surface area contributed by atoms with Crippen LogP contribution in [-0.4, -0.2) is 34.6 Å². The summed E-state index contributed by atoms with van der Waals surface area (Å²) in [6.45, 7) is 3.48. The third kappa shape index (κ3) is 3.23. The van der Waals surface area contributed by atoms with Gasteiger partial charge in [-0.2, -0.15) is 0 Å². The summed E-state index contributed by atoms with van der Waals surface area (Å²) < 4.78 is 5.41. The van der Waals surface area contributed by atoms with E-state index in [-0.39, 0.29) is 6.61 Å². The Kier molecular flexibility index (Phi) is 4.90. The molecule has 22 heavy (non-hydrogen) atoms. The smallest absolute Gasteiger partial charge is 0.294 e. The number of para-hydroxylation sites is 1. The first-order valence-electron chi connectivity index (χ1n) is 7.72. The summed E-state index contributed by atoms with van der Waals surface area (Å²) >= 11 is 1.50. The summed E-state index contributed by atoms with van der Waals surface area (Å²) in [5, 5.41) is 19.2. The SMILES string of the molecule is CCOc1nnc(CN2c3ccccc3CC[C@@H]2CCO)s1. The molecule has 6 heteroatoms. The minimum atomic E-state index is 0.212. The van der Waals surface area contributed by atoms with Gasteiger partial charge >= 0.3 is 0 Å². The van der Waals surface area contributed by atoms with Crippen molar-refractivity contribution in [2.45, 2.75) is 38.8 Å². The Hall–Kier alpha value is -1.66. The largest absolute Gasteiger partial charge is 0.469 e. The van der Waals surface area contributed by atoms with Crippen LogP contribution in [0.1, 0.15) is 30.3 Å². The third-order valence-corrected chi connectivity index (χ3v) is 4.79. The van der Waals surface area contributed by atoms with Gasteiger partial charge in [-0.05, 0) is 37.8 Å². The maximum Gasteiger partial charge on any atom is 0.294 e. The predicted octanol–water partition coefficient (Wildman–Crippen LogP) is 2.64. The highest BCUT2D eigenvalue weighted by atomic mass is 32.1. The number of benzene rings is 1. The fourth-order valence-electron chi connectivity index (χ4n) is 2.97. The van der Waals surface area contributed by atoms with Gasteiger partial charge in [0.05, 0.1) is 13.2 Å². The summed E-state index contributed by atoms with van der Waals surface area (Å²) in [7, 11) is 0. The van der Waals surface area contributed by atoms with E-state index < -0.39 is 0 Å². The number of aromatic nitrogens is 2. The number of anilines is 1. The van der Waals surface area contributed by atoms with Crippen molar-refractivity contribution < 1.29 is 9.84 Å². The third-order valence-electron chi connectivity index (χ3n) is 3.97. The van der Waals surface area contributed by atoms with Crippen molar-refractivity contribution in [2.24, 2.45) is 0 Å². The molecule has 0 bridgehead atoms. The lowest BCUT2D eigenvalue weighted by Crippen LogP contribution is -2.39. The highest BCUT2D eigenvalue weighted by molar-refractivity contribution is 7.13. The van der Waals surface area contributed by atoms with E-state index >= 15 is 0 Å². The fraction of sp³-hybridized carbons (Fsp3) is 0.500. The molecular weight excluding hydrogens is 298 g/mol. The molecule has 1 aromatic carbocycles. The average Bonchev–Trinajstić information content (AvgIpc) is 2.97. The lowest BCUT2D eigenvalue weighted by Gasteiger charge is -2.38. The zero-order valence-electron chi connectivity index (χ0n) is 12.7. The van der Waals surface area contributed by atoms with Crippen LogP contribution in [0.5, 0.6) is 5.19 Å². The molecule has 1 atom stereocenters. The molecule has 0 amide bonds. The Labute approximate surface area is 134 Å². The summed E-state index contributed by atoms with van der Waals surface area (Å²) in [6.07, 6.45) is 2.91. The van der Waals surface area contributed by atoms with E-state index in [1.807, 2.05) is 6.92 Å². The molecule has 2 aromatic rings. The second kappa shape index (κ2) is 7.07. The van der Waals surface area contributed by atoms with Crippen LogP contribution >= 0.6 is 11.3 Å². The molecule has 1 aliphatic heterocycles. The fourth-order valence-corrected chi connectivity index (χ4v) is 3.72. The Bertz CT molecular complexity index is 617. The number of aliphatic hydroxyl groups is 1. The lowest BCUT2D eigenvalue weighted by molar-refractivity contribution is 0.267. The number of aliphatic hydroxyl groups excluding tert-OH is 1. The molecule has 0 radical (unpaired) electrons. The van der Waals surface area contributed by atoms with E-state index in [0.717, 1.165) is 24.3 Å². The standard InChI is InChI=1S/C16H21N3O2S/c1-2-21-16-18-17-15(22-16)11-19-13(9-10-20)8-7-12-5-3-4-6-14(12)19/h3-6,13,20H,2,7-11H2,1H3/t13-/m1/s1. The predicted molar refractivity (Wildman–Crippen MR) is 87.5 cm³/mol. The second-order valence-electron chi connectivity index (χ2n) is 5.36. The Morgan fingerprint density at radius 3 is 3.05 bits per heavy atom. The summed E-state index contributed by atoms with van der Waals surface area (Å²) in [5.41, 5.74) is 2.62. The van der Waals surface area contributed by atoms with Crippen molar-refractivity contribution in [1.82, 2.24) is 10.2 Å². The Balaban J connectivity index is 1.83. The van der Waals surface area contributed by atoms with Crippen LogP contribution in [0.2, 0.25) is 0 Å². The first-order chi connectivity index (χ1) is 10.8. The molecular formula is C16H21N3O2S. The monoisotopic (exact) mass is 319 g/mol. The van der Waals surface area contributed by atoms with Gasteiger partial charge in [-0.3, -0.25) is 0 Å². The molecule has 0 saturated heterocycles. The maximum absolute atomic E-state index is 9.35. The number of nitrogens with zero attached hydrogens (tertiary/aromatic N) is 3. The van der Waals surface area contributed by atoms with Crippen molar-refractivity contribution in [3.05, 3.63) is 34.8 Å². The summed E-state index contributed by atoms with van der Waals surface area (Å²) in [4.78, 5) is 2.35. The van der Waals surface area contributed by atoms with E-state index in [9.17, 15) is 5.11 Å². The van der Waals surface area contributed by atoms with Gasteiger partial charge in [-0.1, -0.05) is 34.6 Å². The molecule has 0 aliphatic carbocycles. The van der Waals surface area contributed by atoms with Crippen molar-refractivity contribution in [3.63, 3.8) is 0 Å². The van der Waals surface area contributed by atoms with E-state index in [2.05, 4.69) is 39.4 Å². The lowest BCUT2D eigenvalue weighted by atomic mass is 9.94. The van der Waals surface area contributed by atoms with Crippen molar-refractivity contribution >= 4 is 17.0 Å². The first kappa shape index (κ1) is 15.2. The van der Waals surface area contributed by atoms with E-state index in [4.69, 9.17) is 4.74 Å². The van der Waals surface area contributed by atoms with Gasteiger partial charge in [0.25, 0.3) is 5.19 Å². The topological polar surface area (TPSA) is 58.5 Å². The number of hydrogen-bond donors (Lipinski definition) is 1. The van der Waals surface area contributed by atoms with Gasteiger partial charge in [-0.25, -0.2) is 0 Å². The number of aryl methyl sites for hydroxylation is 1. The first-order valence-corrected chi connectivity index (χ1v) is 8.54. The molecule has 1 aliphatic rings. The molecule has 1 aromatic heterocycles. The Morgan fingerprint density at radius 1 is 1.36 bits per heavy atom. The highest BCUT2D eigenvalue weighted by Crippen LogP contribution is 2.33. The molecule has 0 spiro atoms. The maximum atomic E-state index is 9.35. The van der Waals surface area contributed by atoms with E-state index in [1.54, 1.807) is 0 Å². The Morgan fingerprint density at radius 2 is 2.23 bits per heavy atom. The second-order valence-corrected chi connectivity index (χ2v) is 6.38. The molecule has 1 N–H and O–H groups in total. The van der Waals surface area contributed by atoms with Crippen molar-refractivity contribution in [3.8, 4) is 5.19 Å². The van der Waals surface area contributed by atoms with E-state index in [1.165, 1.54) is 22.6 Å². The minimum Gasteiger partial charge on any atom is -0.469 e. The van der Waals surface area contributed by atoms with Gasteiger partial charge in [0.2, 0.25) is 0 Å². The summed E-state index contributed by atoms with van der Waals surface area (Å²) in [5.74, 6) is 0. The quantitative estimate of drug-likeness (QED) is 0.887. The van der Waals surface area contributed by atoms with Gasteiger partial charge in [0.15, 0.2) is 0 Å². The van der Waals surface area contributed by atoms with Gasteiger partial charge in [0.1, 0.15) is 5.01 Å². The minimum absolute atomic E-state index is 0.212. The number of rotatable bonds is 6. The van der Waals surface area contributed by atoms with Crippen LogP contribution in [0, 0.1) is 0 Å². The number of fused-ring (bicyclic) bond motifs is 1. The zero-order chi connectivity index (χ0) is 15.4. The highest BCUT2D eigenvalue weighted by Gasteiger charge is 2.26. The van der Waals surface area contributed by atoms with Crippen LogP contribution in [-0.2, 0) is 13.0 Å². The molecule has 0 unspecified atom stereocenters. The average molecular weight is 319 g/mol. The molecule has 0 fully saturated rings. The molecule has 3 rings (SSSR count). The van der Waals surface area contributed by atoms with Crippen molar-refractivity contribution in [2.75, 3.05) is 18.1 Å². The van der Waals surface area contributed by atoms with Gasteiger partial charge in [-0.15, -0.1) is 5.10 Å². The van der Waals surface area contributed by atoms with Gasteiger partial charge < -0.3 is 14.7 Å². The van der Waals surface area contributed by atoms with Crippen LogP contribution in [0.3, 0.4) is 0 Å². The van der Waals surface area contributed by atoms with Crippen LogP contribution in [0.25, 0.3) is 0 Å².